The Kier molecular flexibility index (Phi) is 2.28. The van der Waals surface area contributed by atoms with E-state index in [2.05, 4.69) is 5.32 Å². The predicted octanol–water partition coefficient (Wildman–Crippen LogP) is -0.397. The van der Waals surface area contributed by atoms with Gasteiger partial charge in [-0.05, 0) is 6.42 Å². The molecule has 0 unspecified atom stereocenters. The van der Waals surface area contributed by atoms with Crippen molar-refractivity contribution in [1.82, 2.24) is 5.32 Å². The summed E-state index contributed by atoms with van der Waals surface area (Å²) >= 11 is 0. The van der Waals surface area contributed by atoms with Crippen molar-refractivity contribution >= 4 is 15.9 Å². The Morgan fingerprint density at radius 3 is 2.87 bits per heavy atom. The molecule has 1 amide bonds. The van der Waals surface area contributed by atoms with Crippen molar-refractivity contribution < 1.29 is 17.6 Å². The van der Waals surface area contributed by atoms with Gasteiger partial charge in [0.25, 0.3) is 15.9 Å². The molecule has 0 aliphatic carbocycles. The lowest BCUT2D eigenvalue weighted by molar-refractivity contribution is 0.0955. The fourth-order valence-corrected chi connectivity index (χ4v) is 1.97. The summed E-state index contributed by atoms with van der Waals surface area (Å²) < 4.78 is 27.0. The number of primary sulfonamides is 1. The zero-order valence-electron chi connectivity index (χ0n) is 7.82. The van der Waals surface area contributed by atoms with Gasteiger partial charge in [0.1, 0.15) is 5.76 Å². The number of hydrogen-bond acceptors (Lipinski definition) is 4. The fourth-order valence-electron chi connectivity index (χ4n) is 1.47. The minimum atomic E-state index is -3.88. The smallest absolute Gasteiger partial charge is 0.271 e. The van der Waals surface area contributed by atoms with Gasteiger partial charge in [0.15, 0.2) is 0 Å². The van der Waals surface area contributed by atoms with Crippen LogP contribution in [0.3, 0.4) is 0 Å². The molecule has 1 aliphatic heterocycles. The molecule has 1 aromatic heterocycles. The molecule has 0 spiro atoms. The van der Waals surface area contributed by atoms with E-state index < -0.39 is 10.0 Å². The normalized spacial score (nSPS) is 16.7. The Morgan fingerprint density at radius 1 is 1.47 bits per heavy atom. The zero-order chi connectivity index (χ0) is 11.1. The van der Waals surface area contributed by atoms with Gasteiger partial charge >= 0.3 is 0 Å². The maximum atomic E-state index is 11.4. The van der Waals surface area contributed by atoms with E-state index in [1.807, 2.05) is 0 Å². The number of aryl methyl sites for hydroxylation is 1. The molecule has 0 bridgehead atoms. The standard InChI is InChI=1S/C8H10N2O4S/c9-15(12,13)7-4-5-6(14-7)2-1-3-10-8(5)11/h4H,1-3H2,(H,10,11)(H2,9,12,13). The topological polar surface area (TPSA) is 102 Å². The second-order valence-corrected chi connectivity index (χ2v) is 4.80. The molecule has 0 radical (unpaired) electrons. The van der Waals surface area contributed by atoms with Crippen LogP contribution in [0.2, 0.25) is 0 Å². The van der Waals surface area contributed by atoms with Crippen LogP contribution >= 0.6 is 0 Å². The van der Waals surface area contributed by atoms with Gasteiger partial charge in [0.2, 0.25) is 5.09 Å². The number of carbonyl (C=O) groups excluding carboxylic acids is 1. The molecule has 7 heteroatoms. The molecule has 3 N–H and O–H groups in total. The quantitative estimate of drug-likeness (QED) is 0.685. The SMILES string of the molecule is NS(=O)(=O)c1cc2c(o1)CCCNC2=O. The second-order valence-electron chi connectivity index (χ2n) is 3.31. The molecule has 2 heterocycles. The molecule has 0 atom stereocenters. The first-order chi connectivity index (χ1) is 6.98. The Hall–Kier alpha value is -1.34. The highest BCUT2D eigenvalue weighted by molar-refractivity contribution is 7.89. The molecule has 82 valence electrons. The van der Waals surface area contributed by atoms with Gasteiger partial charge in [-0.1, -0.05) is 0 Å². The van der Waals surface area contributed by atoms with E-state index in [4.69, 9.17) is 9.56 Å². The number of sulfonamides is 1. The predicted molar refractivity (Wildman–Crippen MR) is 50.7 cm³/mol. The fraction of sp³-hybridized carbons (Fsp3) is 0.375. The Balaban J connectivity index is 2.52. The molecule has 0 fully saturated rings. The van der Waals surface area contributed by atoms with Gasteiger partial charge in [0, 0.05) is 19.0 Å². The van der Waals surface area contributed by atoms with Crippen LogP contribution in [-0.4, -0.2) is 20.9 Å². The van der Waals surface area contributed by atoms with Crippen molar-refractivity contribution in [3.63, 3.8) is 0 Å². The summed E-state index contributed by atoms with van der Waals surface area (Å²) in [4.78, 5) is 11.4. The van der Waals surface area contributed by atoms with Crippen LogP contribution < -0.4 is 10.5 Å². The van der Waals surface area contributed by atoms with Crippen molar-refractivity contribution in [2.24, 2.45) is 5.14 Å². The van der Waals surface area contributed by atoms with Gasteiger partial charge in [-0.25, -0.2) is 13.6 Å². The summed E-state index contributed by atoms with van der Waals surface area (Å²) in [5, 5.41) is 7.17. The van der Waals surface area contributed by atoms with E-state index in [1.54, 1.807) is 0 Å². The number of furan rings is 1. The molecule has 6 nitrogen and oxygen atoms in total. The van der Waals surface area contributed by atoms with Crippen LogP contribution in [0.1, 0.15) is 22.5 Å². The van der Waals surface area contributed by atoms with Gasteiger partial charge in [-0.15, -0.1) is 0 Å². The van der Waals surface area contributed by atoms with Crippen LogP contribution in [-0.2, 0) is 16.4 Å². The zero-order valence-corrected chi connectivity index (χ0v) is 8.63. The maximum Gasteiger partial charge on any atom is 0.271 e. The minimum Gasteiger partial charge on any atom is -0.447 e. The average molecular weight is 230 g/mol. The summed E-state index contributed by atoms with van der Waals surface area (Å²) in [5.74, 6) is 0.0650. The largest absolute Gasteiger partial charge is 0.447 e. The van der Waals surface area contributed by atoms with E-state index in [1.165, 1.54) is 6.07 Å². The van der Waals surface area contributed by atoms with E-state index in [0.717, 1.165) is 6.42 Å². The lowest BCUT2D eigenvalue weighted by Gasteiger charge is -1.95. The van der Waals surface area contributed by atoms with Crippen molar-refractivity contribution in [1.29, 1.82) is 0 Å². The number of nitrogens with two attached hydrogens (primary N) is 1. The van der Waals surface area contributed by atoms with Gasteiger partial charge in [0.05, 0.1) is 5.56 Å². The molecule has 0 aromatic carbocycles. The van der Waals surface area contributed by atoms with Crippen molar-refractivity contribution in [3.05, 3.63) is 17.4 Å². The van der Waals surface area contributed by atoms with Crippen LogP contribution in [0.25, 0.3) is 0 Å². The first-order valence-electron chi connectivity index (χ1n) is 4.42. The highest BCUT2D eigenvalue weighted by Gasteiger charge is 2.24. The Bertz CT molecular complexity index is 503. The van der Waals surface area contributed by atoms with Crippen LogP contribution in [0.15, 0.2) is 15.6 Å². The molecule has 0 saturated carbocycles. The maximum absolute atomic E-state index is 11.4. The highest BCUT2D eigenvalue weighted by Crippen LogP contribution is 2.21. The second kappa shape index (κ2) is 3.35. The van der Waals surface area contributed by atoms with Gasteiger partial charge in [-0.2, -0.15) is 0 Å². The Morgan fingerprint density at radius 2 is 2.20 bits per heavy atom. The monoisotopic (exact) mass is 230 g/mol. The van der Waals surface area contributed by atoms with Gasteiger partial charge in [-0.3, -0.25) is 4.79 Å². The van der Waals surface area contributed by atoms with E-state index in [-0.39, 0.29) is 16.6 Å². The first-order valence-corrected chi connectivity index (χ1v) is 5.97. The minimum absolute atomic E-state index is 0.261. The molecule has 1 aromatic rings. The summed E-state index contributed by atoms with van der Waals surface area (Å²) in [6, 6.07) is 1.17. The lowest BCUT2D eigenvalue weighted by atomic mass is 10.2. The molecule has 1 aliphatic rings. The third kappa shape index (κ3) is 1.88. The molecule has 2 rings (SSSR count). The number of fused-ring (bicyclic) bond motifs is 1. The summed E-state index contributed by atoms with van der Waals surface area (Å²) in [7, 11) is -3.88. The number of carbonyl (C=O) groups is 1. The van der Waals surface area contributed by atoms with Crippen molar-refractivity contribution in [2.75, 3.05) is 6.54 Å². The number of nitrogens with one attached hydrogen (secondary N) is 1. The lowest BCUT2D eigenvalue weighted by Crippen LogP contribution is -2.22. The van der Waals surface area contributed by atoms with Crippen LogP contribution in [0.4, 0.5) is 0 Å². The van der Waals surface area contributed by atoms with Crippen molar-refractivity contribution in [3.8, 4) is 0 Å². The van der Waals surface area contributed by atoms with Crippen LogP contribution in [0, 0.1) is 0 Å². The van der Waals surface area contributed by atoms with Crippen LogP contribution in [0.5, 0.6) is 0 Å². The third-order valence-electron chi connectivity index (χ3n) is 2.18. The summed E-state index contributed by atoms with van der Waals surface area (Å²) in [5.41, 5.74) is 0.261. The number of amides is 1. The van der Waals surface area contributed by atoms with E-state index in [0.29, 0.717) is 18.7 Å². The van der Waals surface area contributed by atoms with Crippen molar-refractivity contribution in [2.45, 2.75) is 17.9 Å². The Labute approximate surface area is 86.5 Å². The number of rotatable bonds is 1. The average Bonchev–Trinajstić information content (AvgIpc) is 2.49. The molecule has 0 saturated heterocycles. The number of hydrogen-bond donors (Lipinski definition) is 2. The molecular formula is C8H10N2O4S. The van der Waals surface area contributed by atoms with Gasteiger partial charge < -0.3 is 9.73 Å². The van der Waals surface area contributed by atoms with E-state index in [9.17, 15) is 13.2 Å². The van der Waals surface area contributed by atoms with E-state index >= 15 is 0 Å². The third-order valence-corrected chi connectivity index (χ3v) is 2.94. The summed E-state index contributed by atoms with van der Waals surface area (Å²) in [6.07, 6.45) is 1.25. The first kappa shape index (κ1) is 10.2. The molecular weight excluding hydrogens is 220 g/mol. The summed E-state index contributed by atoms with van der Waals surface area (Å²) in [6.45, 7) is 0.563. The molecule has 15 heavy (non-hydrogen) atoms. The highest BCUT2D eigenvalue weighted by atomic mass is 32.2.